The third-order valence-electron chi connectivity index (χ3n) is 3.63. The molecule has 0 saturated carbocycles. The topological polar surface area (TPSA) is 45.6 Å². The standard InChI is InChI=1S/C18H20FN3O.HI/c19-17-5-2-1-4-15(17)13-23-16-8-6-14(7-9-16)12-22-18-20-10-3-11-21-18;/h1-2,4-9H,3,10-13H2,(H2,20,21,22);1H. The van der Waals surface area contributed by atoms with Crippen molar-refractivity contribution in [1.82, 2.24) is 10.6 Å². The lowest BCUT2D eigenvalue weighted by Gasteiger charge is -2.16. The monoisotopic (exact) mass is 441 g/mol. The maximum atomic E-state index is 13.5. The summed E-state index contributed by atoms with van der Waals surface area (Å²) in [7, 11) is 0. The molecule has 0 atom stereocenters. The molecule has 0 aromatic heterocycles. The molecule has 0 saturated heterocycles. The molecule has 0 spiro atoms. The molecule has 1 aliphatic heterocycles. The Balaban J connectivity index is 0.00000208. The van der Waals surface area contributed by atoms with Crippen LogP contribution in [-0.4, -0.2) is 19.0 Å². The Kier molecular flexibility index (Phi) is 7.30. The second-order valence-corrected chi connectivity index (χ2v) is 5.39. The number of halogens is 2. The summed E-state index contributed by atoms with van der Waals surface area (Å²) in [5.74, 6) is 1.34. The Bertz CT molecular complexity index is 676. The van der Waals surface area contributed by atoms with Gasteiger partial charge in [0.1, 0.15) is 18.2 Å². The molecule has 1 aliphatic rings. The molecule has 0 unspecified atom stereocenters. The normalized spacial score (nSPS) is 13.3. The molecule has 2 aromatic rings. The Hall–Kier alpha value is -1.83. The van der Waals surface area contributed by atoms with Crippen LogP contribution in [0.3, 0.4) is 0 Å². The van der Waals surface area contributed by atoms with Crippen LogP contribution in [-0.2, 0) is 13.2 Å². The summed E-state index contributed by atoms with van der Waals surface area (Å²) in [4.78, 5) is 4.37. The van der Waals surface area contributed by atoms with E-state index < -0.39 is 0 Å². The predicted octanol–water partition coefficient (Wildman–Crippen LogP) is 3.46. The van der Waals surface area contributed by atoms with Crippen molar-refractivity contribution in [3.63, 3.8) is 0 Å². The van der Waals surface area contributed by atoms with Gasteiger partial charge in [-0.2, -0.15) is 0 Å². The zero-order chi connectivity index (χ0) is 15.9. The van der Waals surface area contributed by atoms with Crippen molar-refractivity contribution in [3.05, 3.63) is 65.5 Å². The van der Waals surface area contributed by atoms with Crippen molar-refractivity contribution in [2.24, 2.45) is 4.99 Å². The van der Waals surface area contributed by atoms with Gasteiger partial charge >= 0.3 is 0 Å². The van der Waals surface area contributed by atoms with Crippen LogP contribution in [0.5, 0.6) is 5.75 Å². The van der Waals surface area contributed by atoms with Crippen LogP contribution in [0.4, 0.5) is 4.39 Å². The zero-order valence-electron chi connectivity index (χ0n) is 13.3. The van der Waals surface area contributed by atoms with Gasteiger partial charge in [-0.15, -0.1) is 24.0 Å². The van der Waals surface area contributed by atoms with Crippen molar-refractivity contribution in [2.75, 3.05) is 13.1 Å². The molecule has 1 heterocycles. The molecule has 6 heteroatoms. The molecular weight excluding hydrogens is 420 g/mol. The third-order valence-corrected chi connectivity index (χ3v) is 3.63. The van der Waals surface area contributed by atoms with Crippen LogP contribution in [0.2, 0.25) is 0 Å². The first-order valence-electron chi connectivity index (χ1n) is 7.78. The Morgan fingerprint density at radius 2 is 1.92 bits per heavy atom. The highest BCUT2D eigenvalue weighted by Crippen LogP contribution is 2.15. The average molecular weight is 441 g/mol. The molecule has 2 N–H and O–H groups in total. The highest BCUT2D eigenvalue weighted by Gasteiger charge is 2.04. The SMILES string of the molecule is Fc1ccccc1COc1ccc(CNC2=NCCCN2)cc1.I. The second-order valence-electron chi connectivity index (χ2n) is 5.39. The van der Waals surface area contributed by atoms with E-state index in [9.17, 15) is 4.39 Å². The number of nitrogens with zero attached hydrogens (tertiary/aromatic N) is 1. The van der Waals surface area contributed by atoms with Crippen LogP contribution in [0.1, 0.15) is 17.5 Å². The van der Waals surface area contributed by atoms with Crippen molar-refractivity contribution in [3.8, 4) is 5.75 Å². The number of hydrogen-bond donors (Lipinski definition) is 2. The number of nitrogens with one attached hydrogen (secondary N) is 2. The minimum Gasteiger partial charge on any atom is -0.489 e. The highest BCUT2D eigenvalue weighted by atomic mass is 127. The van der Waals surface area contributed by atoms with Crippen LogP contribution in [0.15, 0.2) is 53.5 Å². The van der Waals surface area contributed by atoms with Gasteiger partial charge in [0.05, 0.1) is 0 Å². The Morgan fingerprint density at radius 1 is 1.12 bits per heavy atom. The van der Waals surface area contributed by atoms with Crippen LogP contribution >= 0.6 is 24.0 Å². The molecule has 0 bridgehead atoms. The zero-order valence-corrected chi connectivity index (χ0v) is 15.6. The number of guanidine groups is 1. The quantitative estimate of drug-likeness (QED) is 0.699. The summed E-state index contributed by atoms with van der Waals surface area (Å²) >= 11 is 0. The first-order chi connectivity index (χ1) is 11.3. The van der Waals surface area contributed by atoms with E-state index in [4.69, 9.17) is 4.74 Å². The van der Waals surface area contributed by atoms with E-state index in [0.717, 1.165) is 36.8 Å². The maximum absolute atomic E-state index is 13.5. The minimum atomic E-state index is -0.242. The van der Waals surface area contributed by atoms with Crippen molar-refractivity contribution >= 4 is 29.9 Å². The summed E-state index contributed by atoms with van der Waals surface area (Å²) in [6.45, 7) is 2.78. The molecule has 0 aliphatic carbocycles. The summed E-state index contributed by atoms with van der Waals surface area (Å²) in [6.07, 6.45) is 1.08. The minimum absolute atomic E-state index is 0. The summed E-state index contributed by atoms with van der Waals surface area (Å²) < 4.78 is 19.2. The van der Waals surface area contributed by atoms with Gasteiger partial charge in [-0.1, -0.05) is 30.3 Å². The van der Waals surface area contributed by atoms with Gasteiger partial charge in [-0.05, 0) is 30.2 Å². The van der Waals surface area contributed by atoms with Crippen molar-refractivity contribution in [1.29, 1.82) is 0 Å². The van der Waals surface area contributed by atoms with E-state index >= 15 is 0 Å². The van der Waals surface area contributed by atoms with Crippen LogP contribution < -0.4 is 15.4 Å². The predicted molar refractivity (Wildman–Crippen MR) is 104 cm³/mol. The van der Waals surface area contributed by atoms with Gasteiger partial charge in [0.25, 0.3) is 0 Å². The molecule has 24 heavy (non-hydrogen) atoms. The molecule has 0 amide bonds. The highest BCUT2D eigenvalue weighted by molar-refractivity contribution is 14.0. The summed E-state index contributed by atoms with van der Waals surface area (Å²) in [5, 5.41) is 6.49. The van der Waals surface area contributed by atoms with Crippen LogP contribution in [0.25, 0.3) is 0 Å². The molecule has 3 rings (SSSR count). The molecule has 2 aromatic carbocycles. The lowest BCUT2D eigenvalue weighted by molar-refractivity contribution is 0.300. The lowest BCUT2D eigenvalue weighted by Crippen LogP contribution is -2.40. The number of aliphatic imine (C=N–C) groups is 1. The first kappa shape index (κ1) is 18.5. The van der Waals surface area contributed by atoms with Crippen molar-refractivity contribution < 1.29 is 9.13 Å². The van der Waals surface area contributed by atoms with Crippen LogP contribution in [0, 0.1) is 5.82 Å². The van der Waals surface area contributed by atoms with E-state index in [1.54, 1.807) is 18.2 Å². The number of benzene rings is 2. The van der Waals surface area contributed by atoms with E-state index in [2.05, 4.69) is 15.6 Å². The van der Waals surface area contributed by atoms with E-state index in [-0.39, 0.29) is 36.4 Å². The van der Waals surface area contributed by atoms with Crippen molar-refractivity contribution in [2.45, 2.75) is 19.6 Å². The van der Waals surface area contributed by atoms with E-state index in [0.29, 0.717) is 12.1 Å². The third kappa shape index (κ3) is 5.36. The summed E-state index contributed by atoms with van der Waals surface area (Å²) in [5.41, 5.74) is 1.69. The van der Waals surface area contributed by atoms with Gasteiger partial charge in [0, 0.05) is 25.2 Å². The fourth-order valence-electron chi connectivity index (χ4n) is 2.32. The smallest absolute Gasteiger partial charge is 0.191 e. The first-order valence-corrected chi connectivity index (χ1v) is 7.78. The van der Waals surface area contributed by atoms with Gasteiger partial charge < -0.3 is 15.4 Å². The molecule has 0 radical (unpaired) electrons. The average Bonchev–Trinajstić information content (AvgIpc) is 2.61. The Labute approximate surface area is 158 Å². The van der Waals surface area contributed by atoms with Gasteiger partial charge in [0.2, 0.25) is 0 Å². The second kappa shape index (κ2) is 9.46. The largest absolute Gasteiger partial charge is 0.489 e. The fraction of sp³-hybridized carbons (Fsp3) is 0.278. The fourth-order valence-corrected chi connectivity index (χ4v) is 2.32. The molecule has 0 fully saturated rings. The number of rotatable bonds is 5. The maximum Gasteiger partial charge on any atom is 0.191 e. The van der Waals surface area contributed by atoms with E-state index in [1.807, 2.05) is 24.3 Å². The summed E-state index contributed by atoms with van der Waals surface area (Å²) in [6, 6.07) is 14.4. The molecule has 128 valence electrons. The molecular formula is C18H21FIN3O. The van der Waals surface area contributed by atoms with Gasteiger partial charge in [-0.25, -0.2) is 4.39 Å². The number of hydrogen-bond acceptors (Lipinski definition) is 4. The molecule has 4 nitrogen and oxygen atoms in total. The Morgan fingerprint density at radius 3 is 2.62 bits per heavy atom. The lowest BCUT2D eigenvalue weighted by atomic mass is 10.2. The van der Waals surface area contributed by atoms with Gasteiger partial charge in [0.15, 0.2) is 5.96 Å². The number of ether oxygens (including phenoxy) is 1. The van der Waals surface area contributed by atoms with E-state index in [1.165, 1.54) is 6.07 Å². The van der Waals surface area contributed by atoms with Gasteiger partial charge in [-0.3, -0.25) is 4.99 Å².